The van der Waals surface area contributed by atoms with E-state index in [2.05, 4.69) is 9.97 Å². The van der Waals surface area contributed by atoms with Gasteiger partial charge in [-0.2, -0.15) is 0 Å². The van der Waals surface area contributed by atoms with Crippen LogP contribution in [0.3, 0.4) is 0 Å². The molecule has 106 valence electrons. The highest BCUT2D eigenvalue weighted by atomic mass is 35.5. The first-order valence-electron chi connectivity index (χ1n) is 6.78. The van der Waals surface area contributed by atoms with E-state index in [1.54, 1.807) is 20.3 Å². The molecule has 1 aromatic heterocycles. The molecule has 4 nitrogen and oxygen atoms in total. The molecule has 1 aromatic rings. The molecule has 0 bridgehead atoms. The van der Waals surface area contributed by atoms with E-state index in [0.717, 1.165) is 31.4 Å². The first-order valence-corrected chi connectivity index (χ1v) is 7.16. The Morgan fingerprint density at radius 2 is 1.84 bits per heavy atom. The molecule has 1 fully saturated rings. The van der Waals surface area contributed by atoms with Crippen LogP contribution in [0.2, 0.25) is 5.15 Å². The summed E-state index contributed by atoms with van der Waals surface area (Å²) in [7, 11) is 3.39. The summed E-state index contributed by atoms with van der Waals surface area (Å²) in [6.45, 7) is 0.440. The van der Waals surface area contributed by atoms with E-state index < -0.39 is 0 Å². The number of rotatable bonds is 4. The fourth-order valence-corrected chi connectivity index (χ4v) is 2.91. The lowest BCUT2D eigenvalue weighted by Gasteiger charge is -2.30. The van der Waals surface area contributed by atoms with E-state index in [-0.39, 0.29) is 5.60 Å². The van der Waals surface area contributed by atoms with Crippen molar-refractivity contribution in [1.82, 2.24) is 9.97 Å². The van der Waals surface area contributed by atoms with Gasteiger partial charge in [-0.15, -0.1) is 0 Å². The monoisotopic (exact) mass is 284 g/mol. The van der Waals surface area contributed by atoms with Gasteiger partial charge in [0.15, 0.2) is 5.82 Å². The molecule has 19 heavy (non-hydrogen) atoms. The quantitative estimate of drug-likeness (QED) is 0.627. The summed E-state index contributed by atoms with van der Waals surface area (Å²) in [4.78, 5) is 8.98. The van der Waals surface area contributed by atoms with Crippen molar-refractivity contribution in [1.29, 1.82) is 0 Å². The number of hydrogen-bond acceptors (Lipinski definition) is 4. The van der Waals surface area contributed by atoms with Crippen LogP contribution in [-0.4, -0.2) is 24.2 Å². The molecule has 0 aliphatic heterocycles. The van der Waals surface area contributed by atoms with E-state index in [1.807, 2.05) is 0 Å². The second kappa shape index (κ2) is 6.64. The van der Waals surface area contributed by atoms with Crippen molar-refractivity contribution in [3.8, 4) is 0 Å². The van der Waals surface area contributed by atoms with Gasteiger partial charge in [-0.05, 0) is 18.9 Å². The highest BCUT2D eigenvalue weighted by molar-refractivity contribution is 6.29. The van der Waals surface area contributed by atoms with Crippen LogP contribution in [0.5, 0.6) is 0 Å². The van der Waals surface area contributed by atoms with Crippen molar-refractivity contribution in [3.05, 3.63) is 22.7 Å². The molecule has 0 unspecified atom stereocenters. The van der Waals surface area contributed by atoms with Gasteiger partial charge < -0.3 is 9.47 Å². The maximum Gasteiger partial charge on any atom is 0.162 e. The third-order valence-electron chi connectivity index (χ3n) is 3.75. The summed E-state index contributed by atoms with van der Waals surface area (Å²) in [5.74, 6) is 0.705. The van der Waals surface area contributed by atoms with Crippen LogP contribution in [0.4, 0.5) is 0 Å². The zero-order valence-electron chi connectivity index (χ0n) is 11.6. The summed E-state index contributed by atoms with van der Waals surface area (Å²) in [6, 6.07) is 1.74. The molecule has 1 aliphatic rings. The van der Waals surface area contributed by atoms with Gasteiger partial charge in [0.05, 0.1) is 12.3 Å². The second-order valence-electron chi connectivity index (χ2n) is 5.05. The fraction of sp³-hybridized carbons (Fsp3) is 0.714. The largest absolute Gasteiger partial charge is 0.378 e. The third kappa shape index (κ3) is 3.44. The third-order valence-corrected chi connectivity index (χ3v) is 3.94. The van der Waals surface area contributed by atoms with Gasteiger partial charge in [0.1, 0.15) is 10.8 Å². The van der Waals surface area contributed by atoms with E-state index in [1.165, 1.54) is 12.8 Å². The standard InChI is InChI=1S/C14H21ClN2O2/c1-18-10-11-9-12(15)17-13(16-11)14(19-2)7-5-3-4-6-8-14/h9H,3-8,10H2,1-2H3. The van der Waals surface area contributed by atoms with Crippen molar-refractivity contribution in [3.63, 3.8) is 0 Å². The maximum atomic E-state index is 6.10. The van der Waals surface area contributed by atoms with E-state index in [9.17, 15) is 0 Å². The van der Waals surface area contributed by atoms with Crippen molar-refractivity contribution in [2.24, 2.45) is 0 Å². The molecule has 1 heterocycles. The number of methoxy groups -OCH3 is 2. The highest BCUT2D eigenvalue weighted by Gasteiger charge is 2.36. The average molecular weight is 285 g/mol. The Morgan fingerprint density at radius 3 is 2.42 bits per heavy atom. The van der Waals surface area contributed by atoms with Gasteiger partial charge in [-0.3, -0.25) is 0 Å². The van der Waals surface area contributed by atoms with Crippen molar-refractivity contribution in [2.45, 2.75) is 50.7 Å². The zero-order chi connectivity index (χ0) is 13.7. The number of ether oxygens (including phenoxy) is 2. The Morgan fingerprint density at radius 1 is 1.16 bits per heavy atom. The van der Waals surface area contributed by atoms with Crippen LogP contribution in [0.25, 0.3) is 0 Å². The number of nitrogens with zero attached hydrogens (tertiary/aromatic N) is 2. The van der Waals surface area contributed by atoms with Gasteiger partial charge in [0.2, 0.25) is 0 Å². The van der Waals surface area contributed by atoms with Gasteiger partial charge in [0, 0.05) is 14.2 Å². The lowest BCUT2D eigenvalue weighted by Crippen LogP contribution is -2.31. The van der Waals surface area contributed by atoms with E-state index in [4.69, 9.17) is 21.1 Å². The Labute approximate surface area is 119 Å². The molecule has 0 atom stereocenters. The lowest BCUT2D eigenvalue weighted by atomic mass is 9.93. The molecule has 5 heteroatoms. The number of hydrogen-bond donors (Lipinski definition) is 0. The molecule has 0 radical (unpaired) electrons. The summed E-state index contributed by atoms with van der Waals surface area (Å²) in [5.41, 5.74) is 0.419. The molecule has 0 saturated heterocycles. The lowest BCUT2D eigenvalue weighted by molar-refractivity contribution is -0.0355. The Hall–Kier alpha value is -0.710. The minimum absolute atomic E-state index is 0.385. The minimum atomic E-state index is -0.385. The molecule has 2 rings (SSSR count). The Bertz CT molecular complexity index is 418. The first-order chi connectivity index (χ1) is 9.20. The van der Waals surface area contributed by atoms with E-state index in [0.29, 0.717) is 17.6 Å². The molecule has 0 aromatic carbocycles. The predicted molar refractivity (Wildman–Crippen MR) is 74.1 cm³/mol. The summed E-state index contributed by atoms with van der Waals surface area (Å²) < 4.78 is 10.9. The molecule has 0 amide bonds. The smallest absolute Gasteiger partial charge is 0.162 e. The van der Waals surface area contributed by atoms with Gasteiger partial charge in [0.25, 0.3) is 0 Å². The van der Waals surface area contributed by atoms with E-state index >= 15 is 0 Å². The van der Waals surface area contributed by atoms with Crippen LogP contribution >= 0.6 is 11.6 Å². The molecule has 1 saturated carbocycles. The van der Waals surface area contributed by atoms with Crippen molar-refractivity contribution in [2.75, 3.05) is 14.2 Å². The summed E-state index contributed by atoms with van der Waals surface area (Å²) in [6.07, 6.45) is 6.69. The van der Waals surface area contributed by atoms with Gasteiger partial charge in [-0.25, -0.2) is 9.97 Å². The van der Waals surface area contributed by atoms with Crippen LogP contribution in [-0.2, 0) is 21.7 Å². The second-order valence-corrected chi connectivity index (χ2v) is 5.44. The normalized spacial score (nSPS) is 19.1. The molecule has 1 aliphatic carbocycles. The predicted octanol–water partition coefficient (Wildman–Crippen LogP) is 3.47. The molecule has 0 spiro atoms. The number of aromatic nitrogens is 2. The fourth-order valence-electron chi connectivity index (χ4n) is 2.71. The minimum Gasteiger partial charge on any atom is -0.378 e. The van der Waals surface area contributed by atoms with Crippen molar-refractivity contribution < 1.29 is 9.47 Å². The number of halogens is 1. The van der Waals surface area contributed by atoms with Crippen LogP contribution in [0.1, 0.15) is 50.0 Å². The molecular weight excluding hydrogens is 264 g/mol. The molecular formula is C14H21ClN2O2. The zero-order valence-corrected chi connectivity index (χ0v) is 12.4. The topological polar surface area (TPSA) is 44.2 Å². The Kier molecular flexibility index (Phi) is 5.13. The highest BCUT2D eigenvalue weighted by Crippen LogP contribution is 2.37. The van der Waals surface area contributed by atoms with Crippen LogP contribution in [0.15, 0.2) is 6.07 Å². The van der Waals surface area contributed by atoms with Crippen LogP contribution < -0.4 is 0 Å². The molecule has 0 N–H and O–H groups in total. The maximum absolute atomic E-state index is 6.10. The van der Waals surface area contributed by atoms with Gasteiger partial charge in [-0.1, -0.05) is 37.3 Å². The SMILES string of the molecule is COCc1cc(Cl)nc(C2(OC)CCCCCC2)n1. The summed E-state index contributed by atoms with van der Waals surface area (Å²) >= 11 is 6.10. The Balaban J connectivity index is 2.35. The first kappa shape index (κ1) is 14.7. The summed E-state index contributed by atoms with van der Waals surface area (Å²) in [5, 5.41) is 0.456. The van der Waals surface area contributed by atoms with Crippen molar-refractivity contribution >= 4 is 11.6 Å². The van der Waals surface area contributed by atoms with Gasteiger partial charge >= 0.3 is 0 Å². The van der Waals surface area contributed by atoms with Crippen LogP contribution in [0, 0.1) is 0 Å². The average Bonchev–Trinajstić information content (AvgIpc) is 2.64.